The second-order valence-corrected chi connectivity index (χ2v) is 9.13. The summed E-state index contributed by atoms with van der Waals surface area (Å²) in [6, 6.07) is 38.2. The van der Waals surface area contributed by atoms with Gasteiger partial charge in [0, 0.05) is 22.1 Å². The van der Waals surface area contributed by atoms with Gasteiger partial charge in [0.15, 0.2) is 5.82 Å². The number of benzene rings is 4. The molecule has 0 saturated carbocycles. The van der Waals surface area contributed by atoms with Crippen LogP contribution in [0, 0.1) is 0 Å². The van der Waals surface area contributed by atoms with Crippen molar-refractivity contribution in [3.63, 3.8) is 0 Å². The molecule has 2 nitrogen and oxygen atoms in total. The van der Waals surface area contributed by atoms with E-state index in [0.717, 1.165) is 33.9 Å². The molecule has 0 bridgehead atoms. The molecule has 0 unspecified atom stereocenters. The van der Waals surface area contributed by atoms with Crippen molar-refractivity contribution in [2.75, 3.05) is 0 Å². The summed E-state index contributed by atoms with van der Waals surface area (Å²) in [7, 11) is 0. The van der Waals surface area contributed by atoms with Crippen LogP contribution in [-0.4, -0.2) is 9.97 Å². The number of fused-ring (bicyclic) bond motifs is 3. The molecule has 0 radical (unpaired) electrons. The van der Waals surface area contributed by atoms with E-state index in [1.807, 2.05) is 12.1 Å². The highest BCUT2D eigenvalue weighted by Crippen LogP contribution is 2.49. The van der Waals surface area contributed by atoms with E-state index >= 15 is 0 Å². The highest BCUT2D eigenvalue weighted by molar-refractivity contribution is 5.83. The molecular weight excluding hydrogens is 400 g/mol. The van der Waals surface area contributed by atoms with Crippen LogP contribution in [0.15, 0.2) is 109 Å². The first-order valence-corrected chi connectivity index (χ1v) is 11.4. The Hall–Kier alpha value is -4.04. The lowest BCUT2D eigenvalue weighted by molar-refractivity contribution is 0.660. The average molecular weight is 425 g/mol. The largest absolute Gasteiger partial charge is 0.228 e. The van der Waals surface area contributed by atoms with Crippen molar-refractivity contribution in [3.8, 4) is 45.0 Å². The van der Waals surface area contributed by atoms with E-state index in [1.165, 1.54) is 22.3 Å². The van der Waals surface area contributed by atoms with Gasteiger partial charge in [0.2, 0.25) is 0 Å². The molecule has 4 aromatic carbocycles. The van der Waals surface area contributed by atoms with Crippen LogP contribution in [0.1, 0.15) is 25.0 Å². The van der Waals surface area contributed by atoms with Crippen molar-refractivity contribution in [2.45, 2.75) is 19.3 Å². The predicted octanol–water partition coefficient (Wildman–Crippen LogP) is 7.78. The van der Waals surface area contributed by atoms with Crippen molar-refractivity contribution < 1.29 is 0 Å². The Kier molecular flexibility index (Phi) is 4.48. The lowest BCUT2D eigenvalue weighted by Crippen LogP contribution is -2.15. The maximum absolute atomic E-state index is 5.01. The summed E-state index contributed by atoms with van der Waals surface area (Å²) in [4.78, 5) is 10.0. The van der Waals surface area contributed by atoms with Gasteiger partial charge in [-0.1, -0.05) is 111 Å². The van der Waals surface area contributed by atoms with Crippen molar-refractivity contribution >= 4 is 0 Å². The molecular formula is C31H24N2. The fourth-order valence-electron chi connectivity index (χ4n) is 4.93. The number of hydrogen-bond donors (Lipinski definition) is 0. The third kappa shape index (κ3) is 3.27. The standard InChI is InChI=1S/C31H24N2/c1-31(2)26-16-10-9-15-24(26)25-18-17-23(19-27(25)31)30-32-28(21-11-5-3-6-12-21)20-29(33-30)22-13-7-4-8-14-22/h3-20H,1-2H3. The SMILES string of the molecule is CC1(C)c2ccccc2-c2ccc(-c3nc(-c4ccccc4)cc(-c4ccccc4)n3)cc21. The zero-order valence-electron chi connectivity index (χ0n) is 18.8. The van der Waals surface area contributed by atoms with Crippen LogP contribution in [0.4, 0.5) is 0 Å². The first-order chi connectivity index (χ1) is 16.1. The maximum atomic E-state index is 5.01. The van der Waals surface area contributed by atoms with Gasteiger partial charge in [0.05, 0.1) is 11.4 Å². The van der Waals surface area contributed by atoms with Crippen molar-refractivity contribution in [1.82, 2.24) is 9.97 Å². The molecule has 0 atom stereocenters. The zero-order valence-corrected chi connectivity index (χ0v) is 18.8. The second-order valence-electron chi connectivity index (χ2n) is 9.13. The summed E-state index contributed by atoms with van der Waals surface area (Å²) >= 11 is 0. The van der Waals surface area contributed by atoms with Crippen LogP contribution in [-0.2, 0) is 5.41 Å². The number of nitrogens with zero attached hydrogens (tertiary/aromatic N) is 2. The van der Waals surface area contributed by atoms with Gasteiger partial charge < -0.3 is 0 Å². The van der Waals surface area contributed by atoms with Crippen LogP contribution < -0.4 is 0 Å². The molecule has 1 aliphatic rings. The van der Waals surface area contributed by atoms with Crippen LogP contribution in [0.25, 0.3) is 45.0 Å². The minimum atomic E-state index is -0.0543. The summed E-state index contributed by atoms with van der Waals surface area (Å²) in [6.45, 7) is 4.61. The maximum Gasteiger partial charge on any atom is 0.160 e. The summed E-state index contributed by atoms with van der Waals surface area (Å²) < 4.78 is 0. The molecule has 0 fully saturated rings. The fourth-order valence-corrected chi connectivity index (χ4v) is 4.93. The smallest absolute Gasteiger partial charge is 0.160 e. The van der Waals surface area contributed by atoms with Gasteiger partial charge in [-0.05, 0) is 34.4 Å². The normalized spacial score (nSPS) is 13.4. The Morgan fingerprint density at radius 3 is 1.67 bits per heavy atom. The van der Waals surface area contributed by atoms with Crippen molar-refractivity contribution in [3.05, 3.63) is 120 Å². The molecule has 1 heterocycles. The highest BCUT2D eigenvalue weighted by Gasteiger charge is 2.35. The molecule has 1 aliphatic carbocycles. The molecule has 5 aromatic rings. The van der Waals surface area contributed by atoms with E-state index < -0.39 is 0 Å². The highest BCUT2D eigenvalue weighted by atomic mass is 14.9. The first-order valence-electron chi connectivity index (χ1n) is 11.4. The number of rotatable bonds is 3. The number of hydrogen-bond acceptors (Lipinski definition) is 2. The Morgan fingerprint density at radius 2 is 1.03 bits per heavy atom. The van der Waals surface area contributed by atoms with Crippen LogP contribution in [0.5, 0.6) is 0 Å². The van der Waals surface area contributed by atoms with Crippen molar-refractivity contribution in [2.24, 2.45) is 0 Å². The Morgan fingerprint density at radius 1 is 0.485 bits per heavy atom. The second kappa shape index (κ2) is 7.53. The molecule has 0 aliphatic heterocycles. The topological polar surface area (TPSA) is 25.8 Å². The lowest BCUT2D eigenvalue weighted by atomic mass is 9.82. The third-order valence-corrected chi connectivity index (χ3v) is 6.71. The molecule has 1 aromatic heterocycles. The van der Waals surface area contributed by atoms with Gasteiger partial charge >= 0.3 is 0 Å². The monoisotopic (exact) mass is 424 g/mol. The molecule has 2 heteroatoms. The Labute approximate surface area is 194 Å². The van der Waals surface area contributed by atoms with Crippen LogP contribution in [0.3, 0.4) is 0 Å². The van der Waals surface area contributed by atoms with E-state index in [2.05, 4.69) is 111 Å². The summed E-state index contributed by atoms with van der Waals surface area (Å²) in [5.74, 6) is 0.754. The van der Waals surface area contributed by atoms with Gasteiger partial charge in [0.25, 0.3) is 0 Å². The first kappa shape index (κ1) is 19.6. The van der Waals surface area contributed by atoms with E-state index in [0.29, 0.717) is 0 Å². The molecule has 6 rings (SSSR count). The van der Waals surface area contributed by atoms with Gasteiger partial charge in [-0.2, -0.15) is 0 Å². The minimum Gasteiger partial charge on any atom is -0.228 e. The lowest BCUT2D eigenvalue weighted by Gasteiger charge is -2.21. The van der Waals surface area contributed by atoms with Gasteiger partial charge in [-0.25, -0.2) is 9.97 Å². The van der Waals surface area contributed by atoms with E-state index in [1.54, 1.807) is 0 Å². The quantitative estimate of drug-likeness (QED) is 0.295. The molecule has 158 valence electrons. The van der Waals surface area contributed by atoms with Crippen LogP contribution in [0.2, 0.25) is 0 Å². The average Bonchev–Trinajstić information content (AvgIpc) is 3.11. The zero-order chi connectivity index (χ0) is 22.4. The minimum absolute atomic E-state index is 0.0543. The van der Waals surface area contributed by atoms with E-state index in [4.69, 9.17) is 9.97 Å². The van der Waals surface area contributed by atoms with Gasteiger partial charge in [0.1, 0.15) is 0 Å². The van der Waals surface area contributed by atoms with Crippen LogP contribution >= 0.6 is 0 Å². The Bertz CT molecular complexity index is 1410. The fraction of sp³-hybridized carbons (Fsp3) is 0.0968. The summed E-state index contributed by atoms with van der Waals surface area (Å²) in [5, 5.41) is 0. The molecule has 0 amide bonds. The number of aromatic nitrogens is 2. The summed E-state index contributed by atoms with van der Waals surface area (Å²) in [5.41, 5.74) is 10.4. The summed E-state index contributed by atoms with van der Waals surface area (Å²) in [6.07, 6.45) is 0. The molecule has 0 saturated heterocycles. The predicted molar refractivity (Wildman–Crippen MR) is 136 cm³/mol. The molecule has 0 spiro atoms. The van der Waals surface area contributed by atoms with E-state index in [9.17, 15) is 0 Å². The molecule has 0 N–H and O–H groups in total. The molecule has 33 heavy (non-hydrogen) atoms. The third-order valence-electron chi connectivity index (χ3n) is 6.71. The van der Waals surface area contributed by atoms with Gasteiger partial charge in [-0.15, -0.1) is 0 Å². The van der Waals surface area contributed by atoms with E-state index in [-0.39, 0.29) is 5.41 Å². The van der Waals surface area contributed by atoms with Gasteiger partial charge in [-0.3, -0.25) is 0 Å². The van der Waals surface area contributed by atoms with Crippen molar-refractivity contribution in [1.29, 1.82) is 0 Å². The Balaban J connectivity index is 1.54.